The highest BCUT2D eigenvalue weighted by Crippen LogP contribution is 2.25. The first-order valence-electron chi connectivity index (χ1n) is 6.64. The number of benzene rings is 1. The van der Waals surface area contributed by atoms with Crippen LogP contribution in [0.25, 0.3) is 0 Å². The van der Waals surface area contributed by atoms with E-state index in [1.165, 1.54) is 4.90 Å². The van der Waals surface area contributed by atoms with Crippen LogP contribution < -0.4 is 11.1 Å². The Morgan fingerprint density at radius 1 is 1.38 bits per heavy atom. The Kier molecular flexibility index (Phi) is 6.95. The highest BCUT2D eigenvalue weighted by molar-refractivity contribution is 6.35. The topological polar surface area (TPSA) is 75.4 Å². The number of rotatable bonds is 6. The van der Waals surface area contributed by atoms with Crippen molar-refractivity contribution in [3.8, 4) is 0 Å². The summed E-state index contributed by atoms with van der Waals surface area (Å²) in [6, 6.07) is 4.14. The van der Waals surface area contributed by atoms with Crippen LogP contribution in [-0.4, -0.2) is 35.8 Å². The molecular formula is C14H19Cl2N3O2. The Labute approximate surface area is 134 Å². The fourth-order valence-electron chi connectivity index (χ4n) is 1.78. The lowest BCUT2D eigenvalue weighted by Gasteiger charge is -2.23. The number of carbonyl (C=O) groups excluding carboxylic acids is 2. The van der Waals surface area contributed by atoms with Gasteiger partial charge in [0.25, 0.3) is 0 Å². The lowest BCUT2D eigenvalue weighted by Crippen LogP contribution is -2.45. The molecule has 116 valence electrons. The van der Waals surface area contributed by atoms with Gasteiger partial charge in [0.15, 0.2) is 0 Å². The molecule has 0 heterocycles. The number of hydrogen-bond donors (Lipinski definition) is 2. The molecule has 0 aliphatic rings. The normalized spacial score (nSPS) is 11.9. The maximum Gasteiger partial charge on any atom is 0.244 e. The van der Waals surface area contributed by atoms with Gasteiger partial charge < -0.3 is 16.0 Å². The summed E-state index contributed by atoms with van der Waals surface area (Å²) in [7, 11) is 0. The van der Waals surface area contributed by atoms with Crippen LogP contribution in [0.15, 0.2) is 18.2 Å². The van der Waals surface area contributed by atoms with Gasteiger partial charge in [-0.1, -0.05) is 30.1 Å². The fourth-order valence-corrected chi connectivity index (χ4v) is 2.12. The first-order chi connectivity index (χ1) is 9.85. The van der Waals surface area contributed by atoms with Gasteiger partial charge in [0.2, 0.25) is 11.8 Å². The van der Waals surface area contributed by atoms with Crippen molar-refractivity contribution in [2.45, 2.75) is 26.3 Å². The molecule has 0 spiro atoms. The third kappa shape index (κ3) is 5.53. The van der Waals surface area contributed by atoms with E-state index >= 15 is 0 Å². The number of nitrogens with zero attached hydrogens (tertiary/aromatic N) is 1. The van der Waals surface area contributed by atoms with Crippen LogP contribution in [0.4, 0.5) is 5.69 Å². The Balaban J connectivity index is 2.74. The van der Waals surface area contributed by atoms with E-state index in [0.29, 0.717) is 22.3 Å². The van der Waals surface area contributed by atoms with Crippen molar-refractivity contribution < 1.29 is 9.59 Å². The molecule has 1 aromatic rings. The second-order valence-corrected chi connectivity index (χ2v) is 5.56. The summed E-state index contributed by atoms with van der Waals surface area (Å²) in [5, 5.41) is 3.49. The van der Waals surface area contributed by atoms with Crippen molar-refractivity contribution in [1.82, 2.24) is 4.90 Å². The molecule has 3 N–H and O–H groups in total. The standard InChI is InChI=1S/C14H19Cl2N3O2/c1-3-6-19(14(21)9(2)17)8-13(20)18-12-7-10(15)4-5-11(12)16/h4-5,7,9H,3,6,8,17H2,1-2H3,(H,18,20)/t9-/m0/s1. The van der Waals surface area contributed by atoms with E-state index in [4.69, 9.17) is 28.9 Å². The van der Waals surface area contributed by atoms with E-state index in [2.05, 4.69) is 5.32 Å². The maximum absolute atomic E-state index is 12.0. The molecule has 7 heteroatoms. The lowest BCUT2D eigenvalue weighted by molar-refractivity contribution is -0.135. The van der Waals surface area contributed by atoms with Gasteiger partial charge >= 0.3 is 0 Å². The summed E-state index contributed by atoms with van der Waals surface area (Å²) in [6.45, 7) is 3.91. The predicted molar refractivity (Wildman–Crippen MR) is 85.6 cm³/mol. The van der Waals surface area contributed by atoms with Crippen LogP contribution in [0.1, 0.15) is 20.3 Å². The molecule has 0 bridgehead atoms. The molecule has 0 saturated carbocycles. The minimum absolute atomic E-state index is 0.0724. The summed E-state index contributed by atoms with van der Waals surface area (Å²) in [5.41, 5.74) is 5.99. The molecule has 0 aliphatic carbocycles. The SMILES string of the molecule is CCCN(CC(=O)Nc1cc(Cl)ccc1Cl)C(=O)[C@H](C)N. The lowest BCUT2D eigenvalue weighted by atomic mass is 10.2. The van der Waals surface area contributed by atoms with Gasteiger partial charge in [-0.05, 0) is 31.5 Å². The Bertz CT molecular complexity index is 521. The summed E-state index contributed by atoms with van der Waals surface area (Å²) < 4.78 is 0. The average molecular weight is 332 g/mol. The van der Waals surface area contributed by atoms with Gasteiger partial charge in [-0.3, -0.25) is 9.59 Å². The monoisotopic (exact) mass is 331 g/mol. The molecule has 1 atom stereocenters. The quantitative estimate of drug-likeness (QED) is 0.840. The van der Waals surface area contributed by atoms with Gasteiger partial charge in [0.05, 0.1) is 23.3 Å². The number of halogens is 2. The molecule has 5 nitrogen and oxygen atoms in total. The molecule has 0 aliphatic heterocycles. The fraction of sp³-hybridized carbons (Fsp3) is 0.429. The molecule has 2 amide bonds. The van der Waals surface area contributed by atoms with Crippen molar-refractivity contribution in [3.63, 3.8) is 0 Å². The highest BCUT2D eigenvalue weighted by atomic mass is 35.5. The minimum atomic E-state index is -0.640. The molecule has 1 aromatic carbocycles. The molecule has 1 rings (SSSR count). The van der Waals surface area contributed by atoms with E-state index in [1.54, 1.807) is 25.1 Å². The van der Waals surface area contributed by atoms with Crippen LogP contribution in [0.3, 0.4) is 0 Å². The first kappa shape index (κ1) is 17.8. The Hall–Kier alpha value is -1.30. The van der Waals surface area contributed by atoms with Crippen molar-refractivity contribution >= 4 is 40.7 Å². The van der Waals surface area contributed by atoms with E-state index in [9.17, 15) is 9.59 Å². The molecular weight excluding hydrogens is 313 g/mol. The number of nitrogens with one attached hydrogen (secondary N) is 1. The molecule has 0 radical (unpaired) electrons. The van der Waals surface area contributed by atoms with E-state index in [1.807, 2.05) is 6.92 Å². The third-order valence-electron chi connectivity index (χ3n) is 2.73. The molecule has 0 aromatic heterocycles. The zero-order chi connectivity index (χ0) is 16.0. The van der Waals surface area contributed by atoms with Gasteiger partial charge in [0.1, 0.15) is 0 Å². The number of hydrogen-bond acceptors (Lipinski definition) is 3. The van der Waals surface area contributed by atoms with E-state index in [0.717, 1.165) is 6.42 Å². The van der Waals surface area contributed by atoms with Crippen molar-refractivity contribution in [1.29, 1.82) is 0 Å². The zero-order valence-electron chi connectivity index (χ0n) is 12.0. The highest BCUT2D eigenvalue weighted by Gasteiger charge is 2.19. The van der Waals surface area contributed by atoms with Crippen molar-refractivity contribution in [2.24, 2.45) is 5.73 Å². The van der Waals surface area contributed by atoms with Gasteiger partial charge in [-0.15, -0.1) is 0 Å². The number of anilines is 1. The molecule has 21 heavy (non-hydrogen) atoms. The van der Waals surface area contributed by atoms with Crippen molar-refractivity contribution in [3.05, 3.63) is 28.2 Å². The number of nitrogens with two attached hydrogens (primary N) is 1. The Morgan fingerprint density at radius 2 is 2.05 bits per heavy atom. The maximum atomic E-state index is 12.0. The number of carbonyl (C=O) groups is 2. The second kappa shape index (κ2) is 8.22. The summed E-state index contributed by atoms with van der Waals surface area (Å²) >= 11 is 11.8. The van der Waals surface area contributed by atoms with Crippen LogP contribution >= 0.6 is 23.2 Å². The second-order valence-electron chi connectivity index (χ2n) is 4.72. The van der Waals surface area contributed by atoms with Crippen LogP contribution in [0.2, 0.25) is 10.0 Å². The zero-order valence-corrected chi connectivity index (χ0v) is 13.5. The Morgan fingerprint density at radius 3 is 2.62 bits per heavy atom. The molecule has 0 fully saturated rings. The molecule has 0 saturated heterocycles. The van der Waals surface area contributed by atoms with Crippen LogP contribution in [0.5, 0.6) is 0 Å². The number of amides is 2. The van der Waals surface area contributed by atoms with E-state index < -0.39 is 6.04 Å². The van der Waals surface area contributed by atoms with Gasteiger partial charge in [-0.25, -0.2) is 0 Å². The summed E-state index contributed by atoms with van der Waals surface area (Å²) in [6.07, 6.45) is 0.740. The van der Waals surface area contributed by atoms with E-state index in [-0.39, 0.29) is 18.4 Å². The summed E-state index contributed by atoms with van der Waals surface area (Å²) in [5.74, 6) is -0.606. The van der Waals surface area contributed by atoms with Gasteiger partial charge in [-0.2, -0.15) is 0 Å². The van der Waals surface area contributed by atoms with Gasteiger partial charge in [0, 0.05) is 11.6 Å². The van der Waals surface area contributed by atoms with Crippen LogP contribution in [-0.2, 0) is 9.59 Å². The third-order valence-corrected chi connectivity index (χ3v) is 3.30. The molecule has 0 unspecified atom stereocenters. The first-order valence-corrected chi connectivity index (χ1v) is 7.40. The largest absolute Gasteiger partial charge is 0.332 e. The predicted octanol–water partition coefficient (Wildman–Crippen LogP) is 2.52. The van der Waals surface area contributed by atoms with Crippen LogP contribution in [0, 0.1) is 0 Å². The van der Waals surface area contributed by atoms with Crippen molar-refractivity contribution in [2.75, 3.05) is 18.4 Å². The minimum Gasteiger partial charge on any atom is -0.332 e. The summed E-state index contributed by atoms with van der Waals surface area (Å²) in [4.78, 5) is 25.4. The average Bonchev–Trinajstić information content (AvgIpc) is 2.41. The smallest absolute Gasteiger partial charge is 0.244 e.